The molecule has 2 aliphatic heterocycles. The van der Waals surface area contributed by atoms with Crippen LogP contribution in [0.3, 0.4) is 0 Å². The molecular formula is C29H33N7O2S. The molecule has 0 bridgehead atoms. The molecule has 4 aromatic rings. The van der Waals surface area contributed by atoms with Crippen LogP contribution in [-0.4, -0.2) is 63.2 Å². The number of hydrogen-bond acceptors (Lipinski definition) is 8. The predicted octanol–water partition coefficient (Wildman–Crippen LogP) is 4.57. The number of rotatable bonds is 3. The Labute approximate surface area is 231 Å². The van der Waals surface area contributed by atoms with Crippen molar-refractivity contribution in [1.29, 1.82) is 0 Å². The van der Waals surface area contributed by atoms with E-state index in [4.69, 9.17) is 10.7 Å². The van der Waals surface area contributed by atoms with Crippen molar-refractivity contribution in [3.8, 4) is 0 Å². The topological polar surface area (TPSA) is 117 Å². The van der Waals surface area contributed by atoms with Gasteiger partial charge in [0.05, 0.1) is 33.2 Å². The summed E-state index contributed by atoms with van der Waals surface area (Å²) in [5, 5.41) is 5.29. The molecule has 202 valence electrons. The van der Waals surface area contributed by atoms with Gasteiger partial charge in [-0.05, 0) is 69.0 Å². The fourth-order valence-electron chi connectivity index (χ4n) is 5.96. The number of amides is 2. The molecule has 2 saturated heterocycles. The third-order valence-corrected chi connectivity index (χ3v) is 9.22. The van der Waals surface area contributed by atoms with Gasteiger partial charge in [-0.3, -0.25) is 14.6 Å². The second-order valence-electron chi connectivity index (χ2n) is 11.0. The van der Waals surface area contributed by atoms with E-state index in [1.807, 2.05) is 0 Å². The van der Waals surface area contributed by atoms with E-state index >= 15 is 0 Å². The lowest BCUT2D eigenvalue weighted by atomic mass is 9.89. The number of thiazole rings is 1. The molecule has 2 aliphatic rings. The number of carbonyl (C=O) groups excluding carboxylic acids is 2. The molecule has 0 radical (unpaired) electrons. The molecule has 6 rings (SSSR count). The maximum Gasteiger partial charge on any atom is 0.313 e. The van der Waals surface area contributed by atoms with Crippen molar-refractivity contribution in [2.75, 3.05) is 37.7 Å². The van der Waals surface area contributed by atoms with Crippen LogP contribution in [-0.2, 0) is 9.59 Å². The Morgan fingerprint density at radius 3 is 2.82 bits per heavy atom. The average Bonchev–Trinajstić information content (AvgIpc) is 3.37. The minimum Gasteiger partial charge on any atom is -0.383 e. The van der Waals surface area contributed by atoms with E-state index in [2.05, 4.69) is 52.4 Å². The summed E-state index contributed by atoms with van der Waals surface area (Å²) >= 11 is 1.77. The van der Waals surface area contributed by atoms with Gasteiger partial charge in [0, 0.05) is 42.2 Å². The van der Waals surface area contributed by atoms with Crippen LogP contribution in [0.1, 0.15) is 55.1 Å². The third-order valence-electron chi connectivity index (χ3n) is 8.03. The quantitative estimate of drug-likeness (QED) is 0.364. The van der Waals surface area contributed by atoms with Crippen LogP contribution in [0.2, 0.25) is 0 Å². The summed E-state index contributed by atoms with van der Waals surface area (Å²) in [6, 6.07) is 7.91. The number of pyridine rings is 2. The fraction of sp³-hybridized carbons (Fsp3) is 0.414. The molecule has 9 nitrogen and oxygen atoms in total. The number of aromatic nitrogens is 3. The number of hydrogen-bond donors (Lipinski definition) is 2. The van der Waals surface area contributed by atoms with Crippen LogP contribution >= 0.6 is 11.3 Å². The Morgan fingerprint density at radius 1 is 1.10 bits per heavy atom. The van der Waals surface area contributed by atoms with Gasteiger partial charge in [-0.15, -0.1) is 11.3 Å². The molecule has 3 aromatic heterocycles. The maximum atomic E-state index is 13.6. The first-order chi connectivity index (χ1) is 18.9. The van der Waals surface area contributed by atoms with E-state index in [9.17, 15) is 9.59 Å². The van der Waals surface area contributed by atoms with Gasteiger partial charge in [0.25, 0.3) is 0 Å². The van der Waals surface area contributed by atoms with Crippen molar-refractivity contribution in [2.24, 2.45) is 5.92 Å². The van der Waals surface area contributed by atoms with Gasteiger partial charge in [-0.1, -0.05) is 13.0 Å². The summed E-state index contributed by atoms with van der Waals surface area (Å²) in [7, 11) is 2.17. The Bertz CT molecular complexity index is 1550. The first kappa shape index (κ1) is 25.6. The standard InChI is InChI=1S/C29H33N7O2S/c1-17-5-7-24(18-6-8-25-22(12-18)34-28(39-25)19-4-3-11-35(2)16-19)36(15-17)29(38)27(37)33-23-14-31-13-21-20(23)9-10-32-26(21)30/h6,8-10,12-14,17,19,24H,3-5,7,11,15-16H2,1-2H3,(H2,30,32)(H,33,37)/t17-,19-,24+/m0/s1. The summed E-state index contributed by atoms with van der Waals surface area (Å²) in [6.45, 7) is 4.83. The van der Waals surface area contributed by atoms with Crippen LogP contribution in [0.25, 0.3) is 21.0 Å². The highest BCUT2D eigenvalue weighted by Gasteiger charge is 2.35. The predicted molar refractivity (Wildman–Crippen MR) is 155 cm³/mol. The number of benzene rings is 1. The number of carbonyl (C=O) groups is 2. The lowest BCUT2D eigenvalue weighted by Gasteiger charge is -2.38. The van der Waals surface area contributed by atoms with Crippen LogP contribution in [0, 0.1) is 5.92 Å². The van der Waals surface area contributed by atoms with Crippen LogP contribution in [0.5, 0.6) is 0 Å². The highest BCUT2D eigenvalue weighted by molar-refractivity contribution is 7.18. The van der Waals surface area contributed by atoms with E-state index in [-0.39, 0.29) is 6.04 Å². The van der Waals surface area contributed by atoms with Crippen molar-refractivity contribution >= 4 is 55.6 Å². The lowest BCUT2D eigenvalue weighted by Crippen LogP contribution is -2.46. The molecule has 0 aliphatic carbocycles. The monoisotopic (exact) mass is 543 g/mol. The first-order valence-corrected chi connectivity index (χ1v) is 14.4. The smallest absolute Gasteiger partial charge is 0.313 e. The maximum absolute atomic E-state index is 13.6. The Balaban J connectivity index is 1.25. The fourth-order valence-corrected chi connectivity index (χ4v) is 7.03. The number of likely N-dealkylation sites (N-methyl/N-ethyl adjacent to an activating group) is 1. The van der Waals surface area contributed by atoms with Crippen LogP contribution < -0.4 is 11.1 Å². The zero-order valence-corrected chi connectivity index (χ0v) is 23.1. The van der Waals surface area contributed by atoms with Crippen LogP contribution in [0.15, 0.2) is 42.9 Å². The van der Waals surface area contributed by atoms with Gasteiger partial charge < -0.3 is 20.9 Å². The Hall–Kier alpha value is -3.63. The summed E-state index contributed by atoms with van der Waals surface area (Å²) in [6.07, 6.45) is 8.86. The molecule has 10 heteroatoms. The zero-order chi connectivity index (χ0) is 27.1. The number of nitrogen functional groups attached to an aromatic ring is 1. The van der Waals surface area contributed by atoms with E-state index in [1.165, 1.54) is 28.7 Å². The highest BCUT2D eigenvalue weighted by atomic mass is 32.1. The molecule has 2 amide bonds. The number of nitrogens with two attached hydrogens (primary N) is 1. The van der Waals surface area contributed by atoms with Gasteiger partial charge in [0.1, 0.15) is 5.82 Å². The molecule has 39 heavy (non-hydrogen) atoms. The van der Waals surface area contributed by atoms with Crippen molar-refractivity contribution in [3.05, 3.63) is 53.4 Å². The van der Waals surface area contributed by atoms with E-state index in [0.29, 0.717) is 40.7 Å². The normalized spacial score (nSPS) is 22.3. The molecule has 3 atom stereocenters. The molecule has 0 spiro atoms. The summed E-state index contributed by atoms with van der Waals surface area (Å²) in [4.78, 5) is 44.2. The van der Waals surface area contributed by atoms with Gasteiger partial charge in [0.2, 0.25) is 0 Å². The van der Waals surface area contributed by atoms with Gasteiger partial charge in [0.15, 0.2) is 0 Å². The second-order valence-corrected chi connectivity index (χ2v) is 12.0. The van der Waals surface area contributed by atoms with Crippen LogP contribution in [0.4, 0.5) is 11.5 Å². The molecule has 0 unspecified atom stereocenters. The zero-order valence-electron chi connectivity index (χ0n) is 22.3. The van der Waals surface area contributed by atoms with Crippen molar-refractivity contribution in [1.82, 2.24) is 24.8 Å². The third kappa shape index (κ3) is 5.06. The number of nitrogens with zero attached hydrogens (tertiary/aromatic N) is 5. The Kier molecular flexibility index (Phi) is 6.90. The molecular weight excluding hydrogens is 510 g/mol. The van der Waals surface area contributed by atoms with Crippen molar-refractivity contribution in [3.63, 3.8) is 0 Å². The van der Waals surface area contributed by atoms with Crippen molar-refractivity contribution < 1.29 is 9.59 Å². The first-order valence-electron chi connectivity index (χ1n) is 13.6. The molecule has 0 saturated carbocycles. The number of fused-ring (bicyclic) bond motifs is 2. The minimum absolute atomic E-state index is 0.180. The molecule has 5 heterocycles. The average molecular weight is 544 g/mol. The van der Waals surface area contributed by atoms with E-state index < -0.39 is 11.8 Å². The number of likely N-dealkylation sites (tertiary alicyclic amines) is 2. The lowest BCUT2D eigenvalue weighted by molar-refractivity contribution is -0.146. The van der Waals surface area contributed by atoms with E-state index in [1.54, 1.807) is 34.7 Å². The summed E-state index contributed by atoms with van der Waals surface area (Å²) in [5.74, 6) is -0.131. The summed E-state index contributed by atoms with van der Waals surface area (Å²) in [5.41, 5.74) is 8.41. The highest BCUT2D eigenvalue weighted by Crippen LogP contribution is 2.38. The molecule has 1 aromatic carbocycles. The summed E-state index contributed by atoms with van der Waals surface area (Å²) < 4.78 is 1.17. The number of piperidine rings is 2. The largest absolute Gasteiger partial charge is 0.383 e. The second kappa shape index (κ2) is 10.5. The Morgan fingerprint density at radius 2 is 1.97 bits per heavy atom. The van der Waals surface area contributed by atoms with Gasteiger partial charge >= 0.3 is 11.8 Å². The van der Waals surface area contributed by atoms with Gasteiger partial charge in [-0.25, -0.2) is 9.97 Å². The number of anilines is 2. The molecule has 3 N–H and O–H groups in total. The SMILES string of the molecule is C[C@H]1CC[C@H](c2ccc3sc([C@H]4CCCN(C)C4)nc3c2)N(C(=O)C(=O)Nc2cncc3c(N)nccc23)C1. The minimum atomic E-state index is -0.683. The van der Waals surface area contributed by atoms with Crippen molar-refractivity contribution in [2.45, 2.75) is 44.6 Å². The van der Waals surface area contributed by atoms with Gasteiger partial charge in [-0.2, -0.15) is 0 Å². The number of nitrogens with one attached hydrogen (secondary N) is 1. The van der Waals surface area contributed by atoms with E-state index in [0.717, 1.165) is 37.0 Å². The molecule has 2 fully saturated rings.